The van der Waals surface area contributed by atoms with E-state index in [0.29, 0.717) is 5.92 Å². The average Bonchev–Trinajstić information content (AvgIpc) is 2.80. The highest BCUT2D eigenvalue weighted by atomic mass is 32.2. The number of rotatable bonds is 3. The molecule has 0 bridgehead atoms. The third kappa shape index (κ3) is 3.14. The highest BCUT2D eigenvalue weighted by molar-refractivity contribution is 7.49. The van der Waals surface area contributed by atoms with Gasteiger partial charge in [0.15, 0.2) is 14.3 Å². The van der Waals surface area contributed by atoms with Gasteiger partial charge in [-0.25, -0.2) is 0 Å². The molecule has 0 fully saturated rings. The van der Waals surface area contributed by atoms with E-state index < -0.39 is 0 Å². The summed E-state index contributed by atoms with van der Waals surface area (Å²) in [5.74, 6) is 0.396. The second-order valence-electron chi connectivity index (χ2n) is 7.93. The molecule has 0 amide bonds. The van der Waals surface area contributed by atoms with Crippen molar-refractivity contribution in [2.24, 2.45) is 0 Å². The van der Waals surface area contributed by atoms with E-state index in [1.54, 1.807) is 0 Å². The predicted molar refractivity (Wildman–Crippen MR) is 131 cm³/mol. The topological polar surface area (TPSA) is 17.1 Å². The van der Waals surface area contributed by atoms with Crippen LogP contribution in [-0.4, -0.2) is 0 Å². The lowest BCUT2D eigenvalue weighted by molar-refractivity contribution is 0.869. The minimum atomic E-state index is -0.286. The van der Waals surface area contributed by atoms with Crippen LogP contribution >= 0.6 is 10.5 Å². The van der Waals surface area contributed by atoms with Crippen molar-refractivity contribution < 1.29 is 0 Å². The quantitative estimate of drug-likeness (QED) is 0.219. The summed E-state index contributed by atoms with van der Waals surface area (Å²) in [4.78, 5) is 14.5. The molecule has 1 unspecified atom stereocenters. The lowest BCUT2D eigenvalue weighted by Gasteiger charge is -2.08. The third-order valence-corrected chi connectivity index (χ3v) is 8.02. The molecule has 1 nitrogen and oxygen atoms in total. The van der Waals surface area contributed by atoms with Crippen molar-refractivity contribution in [1.29, 1.82) is 0 Å². The molecule has 0 aliphatic rings. The van der Waals surface area contributed by atoms with Gasteiger partial charge in [-0.05, 0) is 71.1 Å². The van der Waals surface area contributed by atoms with Crippen molar-refractivity contribution in [1.82, 2.24) is 0 Å². The molecule has 1 heterocycles. The number of hydrogen-bond donors (Lipinski definition) is 0. The second-order valence-corrected chi connectivity index (χ2v) is 9.90. The lowest BCUT2D eigenvalue weighted by Crippen LogP contribution is -2.03. The van der Waals surface area contributed by atoms with Crippen LogP contribution in [0.3, 0.4) is 0 Å². The summed E-state index contributed by atoms with van der Waals surface area (Å²) in [6.45, 7) is 4.34. The molecule has 0 aliphatic carbocycles. The SMILES string of the molecule is CC(C)c1ccc2c(c1)c(=O)c1ccccc1[s+]2-c1ccc(-c2ccccc2)cc1. The second kappa shape index (κ2) is 7.55. The Morgan fingerprint density at radius 1 is 0.633 bits per heavy atom. The Balaban J connectivity index is 1.79. The summed E-state index contributed by atoms with van der Waals surface area (Å²) in [5.41, 5.74) is 3.78. The van der Waals surface area contributed by atoms with Gasteiger partial charge in [0.25, 0.3) is 0 Å². The molecule has 1 atom stereocenters. The van der Waals surface area contributed by atoms with Crippen LogP contribution in [0.25, 0.3) is 36.2 Å². The van der Waals surface area contributed by atoms with E-state index in [0.717, 1.165) is 20.2 Å². The molecule has 0 radical (unpaired) electrons. The first-order valence-corrected chi connectivity index (χ1v) is 11.5. The van der Waals surface area contributed by atoms with Gasteiger partial charge in [0.2, 0.25) is 5.43 Å². The fraction of sp³-hybridized carbons (Fsp3) is 0.107. The fourth-order valence-electron chi connectivity index (χ4n) is 4.03. The van der Waals surface area contributed by atoms with Crippen LogP contribution in [-0.2, 0) is 0 Å². The molecule has 0 spiro atoms. The molecule has 5 aromatic rings. The highest BCUT2D eigenvalue weighted by Gasteiger charge is 2.23. The van der Waals surface area contributed by atoms with E-state index in [1.165, 1.54) is 21.6 Å². The standard InChI is InChI=1S/C28H23OS/c1-19(2)22-14-17-27-25(18-22)28(29)24-10-6-7-11-26(24)30(27)23-15-12-21(13-16-23)20-8-4-3-5-9-20/h3-19H,1-2H3/q+1. The van der Waals surface area contributed by atoms with Crippen molar-refractivity contribution >= 4 is 30.6 Å². The largest absolute Gasteiger partial charge is 0.288 e. The fourth-order valence-corrected chi connectivity index (χ4v) is 6.35. The molecule has 146 valence electrons. The molecule has 0 N–H and O–H groups in total. The molecule has 2 heteroatoms. The molecule has 0 saturated heterocycles. The Morgan fingerprint density at radius 2 is 1.27 bits per heavy atom. The first-order chi connectivity index (χ1) is 14.6. The van der Waals surface area contributed by atoms with Gasteiger partial charge in [0.05, 0.1) is 10.8 Å². The number of fused-ring (bicyclic) bond motifs is 2. The van der Waals surface area contributed by atoms with Crippen molar-refractivity contribution in [2.75, 3.05) is 0 Å². The van der Waals surface area contributed by atoms with Crippen LogP contribution in [0.1, 0.15) is 25.3 Å². The lowest BCUT2D eigenvalue weighted by atomic mass is 10.0. The van der Waals surface area contributed by atoms with E-state index in [9.17, 15) is 4.79 Å². The Bertz CT molecular complexity index is 1410. The van der Waals surface area contributed by atoms with Crippen molar-refractivity contribution in [3.05, 3.63) is 113 Å². The van der Waals surface area contributed by atoms with Crippen LogP contribution in [0.5, 0.6) is 0 Å². The van der Waals surface area contributed by atoms with Crippen molar-refractivity contribution in [2.45, 2.75) is 19.8 Å². The smallest absolute Gasteiger partial charge is 0.203 e. The Hall–Kier alpha value is -3.23. The van der Waals surface area contributed by atoms with Crippen LogP contribution in [0.15, 0.2) is 102 Å². The van der Waals surface area contributed by atoms with Gasteiger partial charge in [0, 0.05) is 10.5 Å². The summed E-state index contributed by atoms with van der Waals surface area (Å²) < 4.78 is 2.26. The van der Waals surface area contributed by atoms with Gasteiger partial charge in [-0.2, -0.15) is 0 Å². The Morgan fingerprint density at radius 3 is 2.00 bits per heavy atom. The zero-order valence-electron chi connectivity index (χ0n) is 17.1. The monoisotopic (exact) mass is 407 g/mol. The van der Waals surface area contributed by atoms with Gasteiger partial charge < -0.3 is 0 Å². The van der Waals surface area contributed by atoms with Crippen LogP contribution in [0.2, 0.25) is 0 Å². The first kappa shape index (κ1) is 18.8. The summed E-state index contributed by atoms with van der Waals surface area (Å²) >= 11 is 0. The number of hydrogen-bond acceptors (Lipinski definition) is 1. The van der Waals surface area contributed by atoms with E-state index in [2.05, 4.69) is 86.6 Å². The van der Waals surface area contributed by atoms with Gasteiger partial charge in [-0.1, -0.05) is 62.4 Å². The van der Waals surface area contributed by atoms with Gasteiger partial charge >= 0.3 is 0 Å². The highest BCUT2D eigenvalue weighted by Crippen LogP contribution is 2.44. The summed E-state index contributed by atoms with van der Waals surface area (Å²) in [6.07, 6.45) is 0. The molecule has 0 aliphatic heterocycles. The predicted octanol–water partition coefficient (Wildman–Crippen LogP) is 7.88. The minimum Gasteiger partial charge on any atom is -0.288 e. The first-order valence-electron chi connectivity index (χ1n) is 10.3. The third-order valence-electron chi connectivity index (χ3n) is 5.68. The maximum Gasteiger partial charge on any atom is 0.203 e. The number of benzene rings is 4. The van der Waals surface area contributed by atoms with Crippen LogP contribution < -0.4 is 5.43 Å². The average molecular weight is 408 g/mol. The Kier molecular flexibility index (Phi) is 4.72. The zero-order valence-corrected chi connectivity index (χ0v) is 17.9. The summed E-state index contributed by atoms with van der Waals surface area (Å²) in [7, 11) is -0.286. The maximum atomic E-state index is 13.3. The molecule has 5 rings (SSSR count). The zero-order chi connectivity index (χ0) is 20.7. The van der Waals surface area contributed by atoms with Gasteiger partial charge in [-0.15, -0.1) is 0 Å². The molecule has 1 aromatic heterocycles. The molecular weight excluding hydrogens is 384 g/mol. The molecule has 4 aromatic carbocycles. The van der Waals surface area contributed by atoms with Gasteiger partial charge in [0.1, 0.15) is 0 Å². The summed E-state index contributed by atoms with van der Waals surface area (Å²) in [6, 6.07) is 33.8. The minimum absolute atomic E-state index is 0.146. The van der Waals surface area contributed by atoms with Crippen molar-refractivity contribution in [3.8, 4) is 16.0 Å². The summed E-state index contributed by atoms with van der Waals surface area (Å²) in [5, 5.41) is 1.69. The molecule has 0 saturated carbocycles. The van der Waals surface area contributed by atoms with E-state index >= 15 is 0 Å². The molecule has 30 heavy (non-hydrogen) atoms. The van der Waals surface area contributed by atoms with Crippen LogP contribution in [0.4, 0.5) is 0 Å². The van der Waals surface area contributed by atoms with E-state index in [-0.39, 0.29) is 15.9 Å². The Labute approximate surface area is 179 Å². The van der Waals surface area contributed by atoms with Crippen molar-refractivity contribution in [3.63, 3.8) is 0 Å². The van der Waals surface area contributed by atoms with E-state index in [4.69, 9.17) is 0 Å². The maximum absolute atomic E-state index is 13.3. The molecular formula is C28H23OS+. The van der Waals surface area contributed by atoms with Crippen LogP contribution in [0, 0.1) is 0 Å². The van der Waals surface area contributed by atoms with E-state index in [1.807, 2.05) is 24.3 Å². The normalized spacial score (nSPS) is 12.0. The van der Waals surface area contributed by atoms with Gasteiger partial charge in [-0.3, -0.25) is 4.79 Å².